The summed E-state index contributed by atoms with van der Waals surface area (Å²) < 4.78 is 1.92. The van der Waals surface area contributed by atoms with Gasteiger partial charge in [0.1, 0.15) is 5.82 Å². The van der Waals surface area contributed by atoms with Gasteiger partial charge in [-0.25, -0.2) is 4.98 Å². The third kappa shape index (κ3) is 2.56. The summed E-state index contributed by atoms with van der Waals surface area (Å²) in [5, 5.41) is 8.02. The summed E-state index contributed by atoms with van der Waals surface area (Å²) in [4.78, 5) is 4.69. The van der Waals surface area contributed by atoms with Crippen molar-refractivity contribution < 1.29 is 0 Å². The first-order chi connectivity index (χ1) is 9.31. The average Bonchev–Trinajstić information content (AvgIpc) is 3.16. The minimum absolute atomic E-state index is 0.615. The number of aryl methyl sites for hydroxylation is 1. The summed E-state index contributed by atoms with van der Waals surface area (Å²) in [6.07, 6.45) is 4.62. The zero-order chi connectivity index (χ0) is 13.2. The van der Waals surface area contributed by atoms with Gasteiger partial charge in [-0.05, 0) is 19.3 Å². The highest BCUT2D eigenvalue weighted by Gasteiger charge is 2.27. The molecule has 102 valence electrons. The van der Waals surface area contributed by atoms with Crippen molar-refractivity contribution in [3.8, 4) is 0 Å². The lowest BCUT2D eigenvalue weighted by molar-refractivity contribution is 0.840. The van der Waals surface area contributed by atoms with Gasteiger partial charge in [-0.1, -0.05) is 13.3 Å². The molecule has 0 aliphatic heterocycles. The lowest BCUT2D eigenvalue weighted by Crippen LogP contribution is -2.16. The van der Waals surface area contributed by atoms with Gasteiger partial charge < -0.3 is 11.1 Å². The number of hydrogen-bond donors (Lipinski definition) is 2. The fourth-order valence-corrected chi connectivity index (χ4v) is 2.33. The van der Waals surface area contributed by atoms with Crippen LogP contribution in [0.3, 0.4) is 0 Å². The topological polar surface area (TPSA) is 68.2 Å². The van der Waals surface area contributed by atoms with Crippen LogP contribution in [0.5, 0.6) is 0 Å². The van der Waals surface area contributed by atoms with Gasteiger partial charge in [0.2, 0.25) is 0 Å². The van der Waals surface area contributed by atoms with Crippen LogP contribution in [0.15, 0.2) is 12.1 Å². The Balaban J connectivity index is 2.01. The third-order valence-corrected chi connectivity index (χ3v) is 3.45. The number of rotatable bonds is 6. The van der Waals surface area contributed by atoms with Gasteiger partial charge in [0.05, 0.1) is 5.69 Å². The summed E-state index contributed by atoms with van der Waals surface area (Å²) in [6, 6.07) is 4.22. The first-order valence-electron chi connectivity index (χ1n) is 7.15. The van der Waals surface area contributed by atoms with Crippen molar-refractivity contribution in [2.75, 3.05) is 18.4 Å². The Labute approximate surface area is 113 Å². The molecule has 2 aromatic rings. The van der Waals surface area contributed by atoms with E-state index < -0.39 is 0 Å². The van der Waals surface area contributed by atoms with Gasteiger partial charge in [-0.15, -0.1) is 0 Å². The molecule has 0 spiro atoms. The fourth-order valence-electron chi connectivity index (χ4n) is 2.33. The van der Waals surface area contributed by atoms with Crippen LogP contribution in [0.4, 0.5) is 5.82 Å². The monoisotopic (exact) mass is 259 g/mol. The molecule has 5 heteroatoms. The number of aromatic nitrogens is 3. The molecule has 1 aliphatic rings. The molecular formula is C14H21N5. The van der Waals surface area contributed by atoms with E-state index in [1.807, 2.05) is 4.52 Å². The van der Waals surface area contributed by atoms with Gasteiger partial charge >= 0.3 is 0 Å². The predicted molar refractivity (Wildman–Crippen MR) is 76.5 cm³/mol. The number of fused-ring (bicyclic) bond motifs is 1. The van der Waals surface area contributed by atoms with Crippen molar-refractivity contribution in [3.05, 3.63) is 23.5 Å². The number of nitrogens with two attached hydrogens (primary N) is 1. The highest BCUT2D eigenvalue weighted by molar-refractivity contribution is 5.51. The van der Waals surface area contributed by atoms with Crippen molar-refractivity contribution in [1.29, 1.82) is 0 Å². The van der Waals surface area contributed by atoms with Crippen LogP contribution in [-0.4, -0.2) is 27.7 Å². The molecule has 0 radical (unpaired) electrons. The van der Waals surface area contributed by atoms with Crippen LogP contribution < -0.4 is 11.1 Å². The molecule has 0 unspecified atom stereocenters. The first kappa shape index (κ1) is 12.4. The number of nitrogens with zero attached hydrogens (tertiary/aromatic N) is 3. The smallest absolute Gasteiger partial charge is 0.157 e. The molecule has 3 rings (SSSR count). The Hall–Kier alpha value is -1.62. The van der Waals surface area contributed by atoms with Crippen LogP contribution >= 0.6 is 0 Å². The molecule has 0 atom stereocenters. The summed E-state index contributed by atoms with van der Waals surface area (Å²) in [5.74, 6) is 1.66. The Morgan fingerprint density at radius 3 is 2.95 bits per heavy atom. The summed E-state index contributed by atoms with van der Waals surface area (Å²) in [7, 11) is 0. The molecule has 0 bridgehead atoms. The average molecular weight is 259 g/mol. The fraction of sp³-hybridized carbons (Fsp3) is 0.571. The quantitative estimate of drug-likeness (QED) is 0.831. The highest BCUT2D eigenvalue weighted by Crippen LogP contribution is 2.39. The molecule has 0 aromatic carbocycles. The maximum atomic E-state index is 5.57. The van der Waals surface area contributed by atoms with E-state index in [0.29, 0.717) is 12.5 Å². The van der Waals surface area contributed by atoms with Gasteiger partial charge in [-0.2, -0.15) is 9.61 Å². The van der Waals surface area contributed by atoms with Crippen molar-refractivity contribution in [2.45, 2.75) is 38.5 Å². The second-order valence-electron chi connectivity index (χ2n) is 5.21. The number of anilines is 1. The largest absolute Gasteiger partial charge is 0.369 e. The third-order valence-electron chi connectivity index (χ3n) is 3.45. The zero-order valence-electron chi connectivity index (χ0n) is 11.4. The second kappa shape index (κ2) is 5.17. The molecule has 2 heterocycles. The lowest BCUT2D eigenvalue weighted by atomic mass is 10.2. The molecule has 0 saturated heterocycles. The van der Waals surface area contributed by atoms with Crippen molar-refractivity contribution in [3.63, 3.8) is 0 Å². The van der Waals surface area contributed by atoms with Gasteiger partial charge in [-0.3, -0.25) is 0 Å². The molecule has 19 heavy (non-hydrogen) atoms. The van der Waals surface area contributed by atoms with Gasteiger partial charge in [0.15, 0.2) is 5.65 Å². The van der Waals surface area contributed by atoms with E-state index in [2.05, 4.69) is 29.5 Å². The Bertz CT molecular complexity index is 570. The summed E-state index contributed by atoms with van der Waals surface area (Å²) >= 11 is 0. The second-order valence-corrected chi connectivity index (χ2v) is 5.21. The summed E-state index contributed by atoms with van der Waals surface area (Å²) in [6.45, 7) is 3.54. The van der Waals surface area contributed by atoms with E-state index in [1.165, 1.54) is 18.5 Å². The maximum Gasteiger partial charge on any atom is 0.157 e. The molecule has 3 N–H and O–H groups in total. The summed E-state index contributed by atoms with van der Waals surface area (Å²) in [5.41, 5.74) is 8.82. The van der Waals surface area contributed by atoms with Crippen LogP contribution in [0, 0.1) is 0 Å². The minimum Gasteiger partial charge on any atom is -0.369 e. The van der Waals surface area contributed by atoms with E-state index in [-0.39, 0.29) is 0 Å². The standard InChI is InChI=1S/C14H21N5/c1-2-3-11-8-13(16-7-6-15)19-14(17-11)9-12(18-19)10-4-5-10/h8-10,16H,2-7,15H2,1H3. The Kier molecular flexibility index (Phi) is 3.38. The van der Waals surface area contributed by atoms with E-state index in [1.54, 1.807) is 0 Å². The first-order valence-corrected chi connectivity index (χ1v) is 7.15. The SMILES string of the molecule is CCCc1cc(NCCN)n2nc(C3CC3)cc2n1. The molecular weight excluding hydrogens is 238 g/mol. The van der Waals surface area contributed by atoms with Crippen LogP contribution in [-0.2, 0) is 6.42 Å². The molecule has 0 amide bonds. The van der Waals surface area contributed by atoms with E-state index >= 15 is 0 Å². The van der Waals surface area contributed by atoms with Crippen molar-refractivity contribution >= 4 is 11.5 Å². The molecule has 5 nitrogen and oxygen atoms in total. The Morgan fingerprint density at radius 1 is 1.42 bits per heavy atom. The van der Waals surface area contributed by atoms with Crippen molar-refractivity contribution in [1.82, 2.24) is 14.6 Å². The normalized spacial score (nSPS) is 15.1. The molecule has 1 fully saturated rings. The van der Waals surface area contributed by atoms with Gasteiger partial charge in [0, 0.05) is 36.8 Å². The minimum atomic E-state index is 0.615. The van der Waals surface area contributed by atoms with Crippen LogP contribution in [0.2, 0.25) is 0 Å². The lowest BCUT2D eigenvalue weighted by Gasteiger charge is -2.09. The number of hydrogen-bond acceptors (Lipinski definition) is 4. The van der Waals surface area contributed by atoms with Crippen LogP contribution in [0.1, 0.15) is 43.5 Å². The van der Waals surface area contributed by atoms with E-state index in [0.717, 1.165) is 36.5 Å². The van der Waals surface area contributed by atoms with Gasteiger partial charge in [0.25, 0.3) is 0 Å². The van der Waals surface area contributed by atoms with E-state index in [9.17, 15) is 0 Å². The predicted octanol–water partition coefficient (Wildman–Crippen LogP) is 1.93. The Morgan fingerprint density at radius 2 is 2.26 bits per heavy atom. The molecule has 1 saturated carbocycles. The highest BCUT2D eigenvalue weighted by atomic mass is 15.3. The van der Waals surface area contributed by atoms with Crippen molar-refractivity contribution in [2.24, 2.45) is 5.73 Å². The van der Waals surface area contributed by atoms with E-state index in [4.69, 9.17) is 10.7 Å². The molecule has 2 aromatic heterocycles. The maximum absolute atomic E-state index is 5.57. The zero-order valence-corrected chi connectivity index (χ0v) is 11.4. The van der Waals surface area contributed by atoms with Crippen LogP contribution in [0.25, 0.3) is 5.65 Å². The molecule has 1 aliphatic carbocycles. The number of nitrogens with one attached hydrogen (secondary N) is 1.